The van der Waals surface area contributed by atoms with E-state index < -0.39 is 6.10 Å². The fourth-order valence-corrected chi connectivity index (χ4v) is 2.64. The third-order valence-corrected chi connectivity index (χ3v) is 4.49. The molecule has 2 rings (SSSR count). The van der Waals surface area contributed by atoms with Crippen LogP contribution < -0.4 is 5.73 Å². The Morgan fingerprint density at radius 1 is 1.59 bits per heavy atom. The van der Waals surface area contributed by atoms with Crippen LogP contribution in [0, 0.1) is 12.3 Å². The average Bonchev–Trinajstić information content (AvgIpc) is 2.81. The maximum atomic E-state index is 10.5. The highest BCUT2D eigenvalue weighted by Gasteiger charge is 2.41. The summed E-state index contributed by atoms with van der Waals surface area (Å²) in [6.07, 6.45) is 0.253. The van der Waals surface area contributed by atoms with Crippen LogP contribution in [0.2, 0.25) is 0 Å². The van der Waals surface area contributed by atoms with Crippen LogP contribution in [0.25, 0.3) is 0 Å². The fourth-order valence-electron chi connectivity index (χ4n) is 2.24. The van der Waals surface area contributed by atoms with E-state index in [9.17, 15) is 5.11 Å². The molecule has 1 heterocycles. The van der Waals surface area contributed by atoms with Gasteiger partial charge >= 0.3 is 0 Å². The summed E-state index contributed by atoms with van der Waals surface area (Å²) < 4.78 is 6.41. The van der Waals surface area contributed by atoms with Gasteiger partial charge in [0.15, 0.2) is 0 Å². The molecule has 1 aliphatic heterocycles. The summed E-state index contributed by atoms with van der Waals surface area (Å²) in [6, 6.07) is 5.93. The number of aliphatic hydroxyl groups is 1. The molecule has 1 aromatic rings. The molecule has 1 saturated heterocycles. The molecule has 4 heteroatoms. The summed E-state index contributed by atoms with van der Waals surface area (Å²) in [4.78, 5) is 0. The van der Waals surface area contributed by atoms with Gasteiger partial charge in [0.05, 0.1) is 12.7 Å². The molecule has 0 aliphatic carbocycles. The van der Waals surface area contributed by atoms with E-state index in [-0.39, 0.29) is 5.41 Å². The van der Waals surface area contributed by atoms with Gasteiger partial charge in [-0.05, 0) is 30.5 Å². The number of hydrogen-bond donors (Lipinski definition) is 2. The van der Waals surface area contributed by atoms with Crippen molar-refractivity contribution >= 4 is 15.9 Å². The minimum Gasteiger partial charge on any atom is -0.388 e. The van der Waals surface area contributed by atoms with Crippen LogP contribution in [0.3, 0.4) is 0 Å². The Kier molecular flexibility index (Phi) is 3.88. The van der Waals surface area contributed by atoms with Gasteiger partial charge in [0, 0.05) is 23.0 Å². The van der Waals surface area contributed by atoms with Gasteiger partial charge in [-0.3, -0.25) is 0 Å². The Labute approximate surface area is 110 Å². The summed E-state index contributed by atoms with van der Waals surface area (Å²) in [7, 11) is 0. The van der Waals surface area contributed by atoms with E-state index in [2.05, 4.69) is 15.9 Å². The van der Waals surface area contributed by atoms with Gasteiger partial charge in [-0.15, -0.1) is 0 Å². The number of hydrogen-bond acceptors (Lipinski definition) is 3. The molecule has 2 unspecified atom stereocenters. The van der Waals surface area contributed by atoms with Crippen molar-refractivity contribution < 1.29 is 9.84 Å². The van der Waals surface area contributed by atoms with E-state index in [1.807, 2.05) is 25.1 Å². The molecule has 0 spiro atoms. The van der Waals surface area contributed by atoms with E-state index in [0.717, 1.165) is 22.0 Å². The number of ether oxygens (including phenoxy) is 1. The smallest absolute Gasteiger partial charge is 0.0881 e. The summed E-state index contributed by atoms with van der Waals surface area (Å²) in [5.41, 5.74) is 7.56. The van der Waals surface area contributed by atoms with E-state index in [4.69, 9.17) is 10.5 Å². The SMILES string of the molecule is Cc1ccc(C(O)C2(CN)CCOC2)cc1Br. The molecule has 0 amide bonds. The lowest BCUT2D eigenvalue weighted by Crippen LogP contribution is -2.37. The minimum atomic E-state index is -0.563. The van der Waals surface area contributed by atoms with Crippen molar-refractivity contribution in [1.82, 2.24) is 0 Å². The van der Waals surface area contributed by atoms with Crippen LogP contribution in [0.4, 0.5) is 0 Å². The van der Waals surface area contributed by atoms with Crippen molar-refractivity contribution in [3.63, 3.8) is 0 Å². The molecule has 17 heavy (non-hydrogen) atoms. The zero-order chi connectivity index (χ0) is 12.5. The van der Waals surface area contributed by atoms with Crippen molar-refractivity contribution in [1.29, 1.82) is 0 Å². The van der Waals surface area contributed by atoms with Gasteiger partial charge in [0.25, 0.3) is 0 Å². The van der Waals surface area contributed by atoms with E-state index in [1.54, 1.807) is 0 Å². The molecule has 1 aliphatic rings. The minimum absolute atomic E-state index is 0.325. The highest BCUT2D eigenvalue weighted by Crippen LogP contribution is 2.40. The molecule has 3 nitrogen and oxygen atoms in total. The second kappa shape index (κ2) is 5.06. The molecule has 0 radical (unpaired) electrons. The number of aliphatic hydroxyl groups excluding tert-OH is 1. The lowest BCUT2D eigenvalue weighted by molar-refractivity contribution is 0.0190. The maximum Gasteiger partial charge on any atom is 0.0881 e. The quantitative estimate of drug-likeness (QED) is 0.899. The van der Waals surface area contributed by atoms with Crippen LogP contribution in [-0.4, -0.2) is 24.9 Å². The zero-order valence-electron chi connectivity index (χ0n) is 9.95. The normalized spacial score (nSPS) is 26.1. The van der Waals surface area contributed by atoms with Gasteiger partial charge in [-0.25, -0.2) is 0 Å². The Bertz CT molecular complexity index is 402. The van der Waals surface area contributed by atoms with Gasteiger partial charge < -0.3 is 15.6 Å². The van der Waals surface area contributed by atoms with Crippen LogP contribution in [0.5, 0.6) is 0 Å². The largest absolute Gasteiger partial charge is 0.388 e. The zero-order valence-corrected chi connectivity index (χ0v) is 11.5. The first-order valence-electron chi connectivity index (χ1n) is 5.81. The standard InChI is InChI=1S/C13H18BrNO2/c1-9-2-3-10(6-11(9)14)12(16)13(7-15)4-5-17-8-13/h2-3,6,12,16H,4-5,7-8,15H2,1H3. The maximum absolute atomic E-state index is 10.5. The Hall–Kier alpha value is -0.420. The van der Waals surface area contributed by atoms with Crippen LogP contribution in [-0.2, 0) is 4.74 Å². The van der Waals surface area contributed by atoms with Crippen molar-refractivity contribution in [3.8, 4) is 0 Å². The highest BCUT2D eigenvalue weighted by atomic mass is 79.9. The van der Waals surface area contributed by atoms with Gasteiger partial charge in [0.2, 0.25) is 0 Å². The van der Waals surface area contributed by atoms with Gasteiger partial charge in [-0.2, -0.15) is 0 Å². The number of nitrogens with two attached hydrogens (primary N) is 1. The lowest BCUT2D eigenvalue weighted by Gasteiger charge is -2.31. The summed E-state index contributed by atoms with van der Waals surface area (Å²) in [5, 5.41) is 10.5. The first-order valence-corrected chi connectivity index (χ1v) is 6.60. The van der Waals surface area contributed by atoms with Gasteiger partial charge in [-0.1, -0.05) is 28.1 Å². The average molecular weight is 300 g/mol. The third kappa shape index (κ3) is 2.40. The van der Waals surface area contributed by atoms with Crippen molar-refractivity contribution in [2.24, 2.45) is 11.1 Å². The molecule has 0 aromatic heterocycles. The molecule has 94 valence electrons. The fraction of sp³-hybridized carbons (Fsp3) is 0.538. The molecule has 1 aromatic carbocycles. The first kappa shape index (κ1) is 13.0. The topological polar surface area (TPSA) is 55.5 Å². The van der Waals surface area contributed by atoms with Crippen molar-refractivity contribution in [2.45, 2.75) is 19.4 Å². The molecule has 1 fully saturated rings. The number of benzene rings is 1. The Morgan fingerprint density at radius 3 is 2.88 bits per heavy atom. The summed E-state index contributed by atoms with van der Waals surface area (Å²) >= 11 is 3.49. The monoisotopic (exact) mass is 299 g/mol. The molecule has 0 bridgehead atoms. The third-order valence-electron chi connectivity index (χ3n) is 3.63. The van der Waals surface area contributed by atoms with E-state index in [1.165, 1.54) is 0 Å². The molecular formula is C13H18BrNO2. The Balaban J connectivity index is 2.29. The molecule has 3 N–H and O–H groups in total. The number of aryl methyl sites for hydroxylation is 1. The first-order chi connectivity index (χ1) is 8.09. The van der Waals surface area contributed by atoms with E-state index in [0.29, 0.717) is 19.8 Å². The number of rotatable bonds is 3. The predicted octanol–water partition coefficient (Wildman–Crippen LogP) is 2.16. The van der Waals surface area contributed by atoms with Gasteiger partial charge in [0.1, 0.15) is 0 Å². The van der Waals surface area contributed by atoms with Crippen molar-refractivity contribution in [2.75, 3.05) is 19.8 Å². The summed E-state index contributed by atoms with van der Waals surface area (Å²) in [6.45, 7) is 3.69. The van der Waals surface area contributed by atoms with Crippen LogP contribution >= 0.6 is 15.9 Å². The second-order valence-corrected chi connectivity index (χ2v) is 5.63. The molecular weight excluding hydrogens is 282 g/mol. The lowest BCUT2D eigenvalue weighted by atomic mass is 9.78. The van der Waals surface area contributed by atoms with Crippen LogP contribution in [0.1, 0.15) is 23.7 Å². The number of halogens is 1. The Morgan fingerprint density at radius 2 is 2.35 bits per heavy atom. The summed E-state index contributed by atoms with van der Waals surface area (Å²) in [5.74, 6) is 0. The van der Waals surface area contributed by atoms with Crippen LogP contribution in [0.15, 0.2) is 22.7 Å². The highest BCUT2D eigenvalue weighted by molar-refractivity contribution is 9.10. The molecule has 0 saturated carbocycles. The predicted molar refractivity (Wildman–Crippen MR) is 70.8 cm³/mol. The molecule has 2 atom stereocenters. The van der Waals surface area contributed by atoms with Crippen molar-refractivity contribution in [3.05, 3.63) is 33.8 Å². The van der Waals surface area contributed by atoms with E-state index >= 15 is 0 Å². The second-order valence-electron chi connectivity index (χ2n) is 4.78.